The minimum absolute atomic E-state index is 0.649. The van der Waals surface area contributed by atoms with E-state index in [1.54, 1.807) is 0 Å². The maximum Gasteiger partial charge on any atom is 0.125 e. The molecule has 3 heteroatoms. The Morgan fingerprint density at radius 2 is 1.70 bits per heavy atom. The molecule has 2 aromatic rings. The first-order chi connectivity index (χ1) is 9.68. The summed E-state index contributed by atoms with van der Waals surface area (Å²) in [5.74, 6) is 0.993. The third-order valence-corrected chi connectivity index (χ3v) is 3.58. The lowest BCUT2D eigenvalue weighted by atomic mass is 10.1. The predicted octanol–water partition coefficient (Wildman–Crippen LogP) is 4.13. The molecule has 0 amide bonds. The van der Waals surface area contributed by atoms with Gasteiger partial charge in [0.25, 0.3) is 0 Å². The van der Waals surface area contributed by atoms with E-state index in [2.05, 4.69) is 31.3 Å². The lowest BCUT2D eigenvalue weighted by molar-refractivity contribution is 0.309. The first kappa shape index (κ1) is 14.9. The largest absolute Gasteiger partial charge is 0.492 e. The normalized spacial score (nSPS) is 10.6. The molecule has 0 heterocycles. The number of ether oxygens (including phenoxy) is 1. The minimum Gasteiger partial charge on any atom is -0.492 e. The summed E-state index contributed by atoms with van der Waals surface area (Å²) < 4.78 is 5.84. The Bertz CT molecular complexity index is 548. The van der Waals surface area contributed by atoms with E-state index in [-0.39, 0.29) is 0 Å². The highest BCUT2D eigenvalue weighted by atomic mass is 35.5. The van der Waals surface area contributed by atoms with Crippen LogP contribution in [0, 0.1) is 13.8 Å². The van der Waals surface area contributed by atoms with Crippen molar-refractivity contribution in [1.29, 1.82) is 0 Å². The molecule has 0 aliphatic rings. The number of hydrogen-bond donors (Lipinski definition) is 1. The highest BCUT2D eigenvalue weighted by Crippen LogP contribution is 2.22. The van der Waals surface area contributed by atoms with E-state index in [9.17, 15) is 0 Å². The standard InChI is InChI=1S/C17H20ClNO/c1-13-6-5-7-14(2)17(13)20-11-10-19-12-15-8-3-4-9-16(15)18/h3-9,19H,10-12H2,1-2H3. The summed E-state index contributed by atoms with van der Waals surface area (Å²) in [6.07, 6.45) is 0. The summed E-state index contributed by atoms with van der Waals surface area (Å²) in [5.41, 5.74) is 3.47. The molecule has 0 aromatic heterocycles. The van der Waals surface area contributed by atoms with Crippen molar-refractivity contribution in [3.63, 3.8) is 0 Å². The monoisotopic (exact) mass is 289 g/mol. The van der Waals surface area contributed by atoms with Crippen molar-refractivity contribution in [2.45, 2.75) is 20.4 Å². The summed E-state index contributed by atoms with van der Waals surface area (Å²) in [6.45, 7) is 6.34. The van der Waals surface area contributed by atoms with Crippen molar-refractivity contribution >= 4 is 11.6 Å². The van der Waals surface area contributed by atoms with Crippen LogP contribution in [-0.2, 0) is 6.54 Å². The zero-order chi connectivity index (χ0) is 14.4. The Morgan fingerprint density at radius 1 is 1.00 bits per heavy atom. The number of hydrogen-bond acceptors (Lipinski definition) is 2. The average molecular weight is 290 g/mol. The van der Waals surface area contributed by atoms with Gasteiger partial charge in [-0.2, -0.15) is 0 Å². The van der Waals surface area contributed by atoms with Crippen LogP contribution in [0.4, 0.5) is 0 Å². The van der Waals surface area contributed by atoms with Crippen molar-refractivity contribution < 1.29 is 4.74 Å². The van der Waals surface area contributed by atoms with Gasteiger partial charge in [0, 0.05) is 18.1 Å². The van der Waals surface area contributed by atoms with Crippen molar-refractivity contribution in [1.82, 2.24) is 5.32 Å². The summed E-state index contributed by atoms with van der Waals surface area (Å²) in [7, 11) is 0. The fourth-order valence-corrected chi connectivity index (χ4v) is 2.32. The lowest BCUT2D eigenvalue weighted by Gasteiger charge is -2.12. The maximum absolute atomic E-state index is 6.10. The van der Waals surface area contributed by atoms with Gasteiger partial charge in [-0.15, -0.1) is 0 Å². The molecule has 0 fully saturated rings. The zero-order valence-electron chi connectivity index (χ0n) is 11.9. The molecule has 0 saturated heterocycles. The maximum atomic E-state index is 6.10. The van der Waals surface area contributed by atoms with Crippen LogP contribution < -0.4 is 10.1 Å². The zero-order valence-corrected chi connectivity index (χ0v) is 12.7. The van der Waals surface area contributed by atoms with Gasteiger partial charge in [-0.25, -0.2) is 0 Å². The molecule has 2 rings (SSSR count). The van der Waals surface area contributed by atoms with Crippen LogP contribution in [-0.4, -0.2) is 13.2 Å². The molecule has 0 unspecified atom stereocenters. The third kappa shape index (κ3) is 3.99. The van der Waals surface area contributed by atoms with E-state index < -0.39 is 0 Å². The molecule has 2 nitrogen and oxygen atoms in total. The number of benzene rings is 2. The molecule has 0 spiro atoms. The van der Waals surface area contributed by atoms with Gasteiger partial charge in [0.1, 0.15) is 12.4 Å². The SMILES string of the molecule is Cc1cccc(C)c1OCCNCc1ccccc1Cl. The number of para-hydroxylation sites is 1. The smallest absolute Gasteiger partial charge is 0.125 e. The predicted molar refractivity (Wildman–Crippen MR) is 84.6 cm³/mol. The Balaban J connectivity index is 1.76. The summed E-state index contributed by atoms with van der Waals surface area (Å²) in [6, 6.07) is 14.1. The van der Waals surface area contributed by atoms with E-state index in [0.717, 1.165) is 29.4 Å². The fraction of sp³-hybridized carbons (Fsp3) is 0.294. The van der Waals surface area contributed by atoms with Crippen LogP contribution in [0.1, 0.15) is 16.7 Å². The molecule has 0 aliphatic heterocycles. The Labute approximate surface area is 125 Å². The summed E-state index contributed by atoms with van der Waals surface area (Å²) >= 11 is 6.10. The van der Waals surface area contributed by atoms with Crippen LogP contribution in [0.3, 0.4) is 0 Å². The molecule has 20 heavy (non-hydrogen) atoms. The van der Waals surface area contributed by atoms with Gasteiger partial charge in [-0.3, -0.25) is 0 Å². The minimum atomic E-state index is 0.649. The summed E-state index contributed by atoms with van der Waals surface area (Å²) in [5, 5.41) is 4.14. The first-order valence-corrected chi connectivity index (χ1v) is 7.19. The molecule has 0 bridgehead atoms. The lowest BCUT2D eigenvalue weighted by Crippen LogP contribution is -2.21. The highest BCUT2D eigenvalue weighted by molar-refractivity contribution is 6.31. The second-order valence-electron chi connectivity index (χ2n) is 4.84. The average Bonchev–Trinajstić information content (AvgIpc) is 2.43. The number of nitrogens with one attached hydrogen (secondary N) is 1. The second kappa shape index (κ2) is 7.32. The third-order valence-electron chi connectivity index (χ3n) is 3.21. The van der Waals surface area contributed by atoms with Gasteiger partial charge in [-0.1, -0.05) is 48.0 Å². The number of aryl methyl sites for hydroxylation is 2. The van der Waals surface area contributed by atoms with E-state index in [4.69, 9.17) is 16.3 Å². The highest BCUT2D eigenvalue weighted by Gasteiger charge is 2.03. The van der Waals surface area contributed by atoms with Crippen LogP contribution >= 0.6 is 11.6 Å². The Morgan fingerprint density at radius 3 is 2.40 bits per heavy atom. The molecule has 106 valence electrons. The van der Waals surface area contributed by atoms with Gasteiger partial charge in [0.05, 0.1) is 0 Å². The van der Waals surface area contributed by atoms with Gasteiger partial charge in [0.2, 0.25) is 0 Å². The van der Waals surface area contributed by atoms with Crippen LogP contribution in [0.15, 0.2) is 42.5 Å². The first-order valence-electron chi connectivity index (χ1n) is 6.81. The van der Waals surface area contributed by atoms with E-state index in [1.165, 1.54) is 11.1 Å². The molecule has 0 radical (unpaired) electrons. The van der Waals surface area contributed by atoms with E-state index in [0.29, 0.717) is 6.61 Å². The number of rotatable bonds is 6. The Hall–Kier alpha value is -1.51. The van der Waals surface area contributed by atoms with Crippen molar-refractivity contribution in [2.24, 2.45) is 0 Å². The second-order valence-corrected chi connectivity index (χ2v) is 5.24. The molecule has 0 aliphatic carbocycles. The van der Waals surface area contributed by atoms with Gasteiger partial charge in [0.15, 0.2) is 0 Å². The fourth-order valence-electron chi connectivity index (χ4n) is 2.12. The molecular formula is C17H20ClNO. The molecule has 0 atom stereocenters. The van der Waals surface area contributed by atoms with E-state index >= 15 is 0 Å². The van der Waals surface area contributed by atoms with Crippen LogP contribution in [0.25, 0.3) is 0 Å². The summed E-state index contributed by atoms with van der Waals surface area (Å²) in [4.78, 5) is 0. The van der Waals surface area contributed by atoms with Gasteiger partial charge < -0.3 is 10.1 Å². The van der Waals surface area contributed by atoms with Gasteiger partial charge >= 0.3 is 0 Å². The van der Waals surface area contributed by atoms with E-state index in [1.807, 2.05) is 30.3 Å². The van der Waals surface area contributed by atoms with Crippen LogP contribution in [0.2, 0.25) is 5.02 Å². The number of halogens is 1. The van der Waals surface area contributed by atoms with Crippen LogP contribution in [0.5, 0.6) is 5.75 Å². The molecule has 2 aromatic carbocycles. The molecular weight excluding hydrogens is 270 g/mol. The van der Waals surface area contributed by atoms with Crippen molar-refractivity contribution in [3.8, 4) is 5.75 Å². The van der Waals surface area contributed by atoms with Crippen molar-refractivity contribution in [3.05, 3.63) is 64.2 Å². The topological polar surface area (TPSA) is 21.3 Å². The molecule has 0 saturated carbocycles. The van der Waals surface area contributed by atoms with Gasteiger partial charge in [-0.05, 0) is 36.6 Å². The Kier molecular flexibility index (Phi) is 5.45. The molecule has 1 N–H and O–H groups in total. The quantitative estimate of drug-likeness (QED) is 0.808. The van der Waals surface area contributed by atoms with Crippen molar-refractivity contribution in [2.75, 3.05) is 13.2 Å².